The van der Waals surface area contributed by atoms with Gasteiger partial charge in [0.25, 0.3) is 0 Å². The molecular formula is C14H13NO2S. The van der Waals surface area contributed by atoms with Gasteiger partial charge in [0.2, 0.25) is 0 Å². The van der Waals surface area contributed by atoms with Crippen LogP contribution in [0, 0.1) is 6.92 Å². The van der Waals surface area contributed by atoms with E-state index in [0.29, 0.717) is 6.61 Å². The molecule has 0 aliphatic heterocycles. The van der Waals surface area contributed by atoms with Crippen LogP contribution in [0.4, 0.5) is 0 Å². The van der Waals surface area contributed by atoms with Crippen molar-refractivity contribution < 1.29 is 9.53 Å². The second kappa shape index (κ2) is 6.12. The molecule has 0 bridgehead atoms. The van der Waals surface area contributed by atoms with Gasteiger partial charge in [0.05, 0.1) is 16.1 Å². The molecule has 1 heterocycles. The van der Waals surface area contributed by atoms with Gasteiger partial charge in [0.1, 0.15) is 6.61 Å². The Kier molecular flexibility index (Phi) is 4.25. The van der Waals surface area contributed by atoms with Crippen molar-refractivity contribution in [3.63, 3.8) is 0 Å². The monoisotopic (exact) mass is 259 g/mol. The maximum atomic E-state index is 11.5. The minimum absolute atomic E-state index is 0.297. The lowest BCUT2D eigenvalue weighted by molar-refractivity contribution is -0.138. The van der Waals surface area contributed by atoms with Gasteiger partial charge in [-0.15, -0.1) is 11.3 Å². The number of hydrogen-bond donors (Lipinski definition) is 0. The van der Waals surface area contributed by atoms with E-state index in [2.05, 4.69) is 4.98 Å². The number of benzene rings is 1. The molecule has 0 aliphatic carbocycles. The van der Waals surface area contributed by atoms with Crippen LogP contribution in [0.3, 0.4) is 0 Å². The molecule has 0 aliphatic rings. The Morgan fingerprint density at radius 3 is 2.83 bits per heavy atom. The standard InChI is InChI=1S/C14H13NO2S/c1-11-13(18-10-15-11)7-8-14(16)17-9-12-5-3-2-4-6-12/h2-8,10H,9H2,1H3/b8-7+. The highest BCUT2D eigenvalue weighted by atomic mass is 32.1. The average Bonchev–Trinajstić information content (AvgIpc) is 2.81. The van der Waals surface area contributed by atoms with Crippen molar-refractivity contribution in [3.05, 3.63) is 58.1 Å². The summed E-state index contributed by atoms with van der Waals surface area (Å²) in [6, 6.07) is 9.60. The third-order valence-corrected chi connectivity index (χ3v) is 3.27. The molecule has 92 valence electrons. The third-order valence-electron chi connectivity index (χ3n) is 2.38. The summed E-state index contributed by atoms with van der Waals surface area (Å²) in [5.41, 5.74) is 3.66. The summed E-state index contributed by atoms with van der Waals surface area (Å²) in [7, 11) is 0. The Labute approximate surface area is 110 Å². The van der Waals surface area contributed by atoms with Crippen LogP contribution in [0.15, 0.2) is 41.9 Å². The molecule has 3 nitrogen and oxygen atoms in total. The van der Waals surface area contributed by atoms with Crippen molar-refractivity contribution in [3.8, 4) is 0 Å². The van der Waals surface area contributed by atoms with E-state index in [1.807, 2.05) is 37.3 Å². The van der Waals surface area contributed by atoms with Crippen molar-refractivity contribution in [2.24, 2.45) is 0 Å². The van der Waals surface area contributed by atoms with Gasteiger partial charge in [0.15, 0.2) is 0 Å². The minimum Gasteiger partial charge on any atom is -0.458 e. The number of esters is 1. The van der Waals surface area contributed by atoms with E-state index in [1.54, 1.807) is 11.6 Å². The van der Waals surface area contributed by atoms with Gasteiger partial charge in [-0.3, -0.25) is 0 Å². The van der Waals surface area contributed by atoms with Crippen LogP contribution in [0.25, 0.3) is 6.08 Å². The lowest BCUT2D eigenvalue weighted by Crippen LogP contribution is -2.00. The van der Waals surface area contributed by atoms with Crippen LogP contribution in [0.5, 0.6) is 0 Å². The first-order valence-corrected chi connectivity index (χ1v) is 6.42. The number of aryl methyl sites for hydroxylation is 1. The van der Waals surface area contributed by atoms with Crippen molar-refractivity contribution in [2.45, 2.75) is 13.5 Å². The van der Waals surface area contributed by atoms with Gasteiger partial charge in [-0.2, -0.15) is 0 Å². The van der Waals surface area contributed by atoms with Gasteiger partial charge in [-0.1, -0.05) is 30.3 Å². The van der Waals surface area contributed by atoms with E-state index >= 15 is 0 Å². The first-order valence-electron chi connectivity index (χ1n) is 5.54. The molecule has 2 rings (SSSR count). The highest BCUT2D eigenvalue weighted by Gasteiger charge is 2.00. The SMILES string of the molecule is Cc1ncsc1/C=C/C(=O)OCc1ccccc1. The molecule has 1 aromatic heterocycles. The van der Waals surface area contributed by atoms with E-state index in [1.165, 1.54) is 17.4 Å². The van der Waals surface area contributed by atoms with Gasteiger partial charge >= 0.3 is 5.97 Å². The summed E-state index contributed by atoms with van der Waals surface area (Å²) < 4.78 is 5.12. The van der Waals surface area contributed by atoms with Crippen LogP contribution < -0.4 is 0 Å². The maximum Gasteiger partial charge on any atom is 0.331 e. The molecule has 0 amide bonds. The predicted octanol–water partition coefficient (Wildman–Crippen LogP) is 3.21. The molecule has 18 heavy (non-hydrogen) atoms. The van der Waals surface area contributed by atoms with Crippen LogP contribution >= 0.6 is 11.3 Å². The summed E-state index contributed by atoms with van der Waals surface area (Å²) in [6.45, 7) is 2.21. The summed E-state index contributed by atoms with van der Waals surface area (Å²) in [5, 5.41) is 0. The van der Waals surface area contributed by atoms with E-state index in [9.17, 15) is 4.79 Å². The van der Waals surface area contributed by atoms with Gasteiger partial charge < -0.3 is 4.74 Å². The number of nitrogens with zero attached hydrogens (tertiary/aromatic N) is 1. The molecule has 0 fully saturated rings. The minimum atomic E-state index is -0.341. The van der Waals surface area contributed by atoms with Gasteiger partial charge in [-0.05, 0) is 18.6 Å². The Bertz CT molecular complexity index is 546. The zero-order valence-corrected chi connectivity index (χ0v) is 10.8. The summed E-state index contributed by atoms with van der Waals surface area (Å²) in [5.74, 6) is -0.341. The number of carbonyl (C=O) groups is 1. The Balaban J connectivity index is 1.86. The topological polar surface area (TPSA) is 39.2 Å². The lowest BCUT2D eigenvalue weighted by atomic mass is 10.2. The van der Waals surface area contributed by atoms with Crippen molar-refractivity contribution in [2.75, 3.05) is 0 Å². The average molecular weight is 259 g/mol. The molecule has 0 spiro atoms. The number of hydrogen-bond acceptors (Lipinski definition) is 4. The molecule has 0 atom stereocenters. The molecule has 0 saturated carbocycles. The van der Waals surface area contributed by atoms with Crippen LogP contribution in [0.1, 0.15) is 16.1 Å². The molecule has 0 radical (unpaired) electrons. The Hall–Kier alpha value is -1.94. The summed E-state index contributed by atoms with van der Waals surface area (Å²) in [4.78, 5) is 16.6. The normalized spacial score (nSPS) is 10.7. The van der Waals surface area contributed by atoms with Crippen molar-refractivity contribution in [1.82, 2.24) is 4.98 Å². The number of carbonyl (C=O) groups excluding carboxylic acids is 1. The smallest absolute Gasteiger partial charge is 0.331 e. The zero-order valence-electron chi connectivity index (χ0n) is 10.00. The second-order valence-electron chi connectivity index (χ2n) is 3.73. The fourth-order valence-electron chi connectivity index (χ4n) is 1.39. The van der Waals surface area contributed by atoms with Gasteiger partial charge in [0, 0.05) is 6.08 Å². The number of aromatic nitrogens is 1. The first-order chi connectivity index (χ1) is 8.75. The van der Waals surface area contributed by atoms with E-state index in [-0.39, 0.29) is 5.97 Å². The zero-order chi connectivity index (χ0) is 12.8. The van der Waals surface area contributed by atoms with E-state index in [4.69, 9.17) is 4.74 Å². The van der Waals surface area contributed by atoms with E-state index in [0.717, 1.165) is 16.1 Å². The molecule has 1 aromatic carbocycles. The quantitative estimate of drug-likeness (QED) is 0.625. The van der Waals surface area contributed by atoms with E-state index < -0.39 is 0 Å². The van der Waals surface area contributed by atoms with Crippen molar-refractivity contribution in [1.29, 1.82) is 0 Å². The molecule has 0 saturated heterocycles. The fourth-order valence-corrected chi connectivity index (χ4v) is 2.09. The maximum absolute atomic E-state index is 11.5. The lowest BCUT2D eigenvalue weighted by Gasteiger charge is -2.01. The predicted molar refractivity (Wildman–Crippen MR) is 72.1 cm³/mol. The van der Waals surface area contributed by atoms with Crippen LogP contribution in [0.2, 0.25) is 0 Å². The van der Waals surface area contributed by atoms with Gasteiger partial charge in [-0.25, -0.2) is 9.78 Å². The number of thiazole rings is 1. The summed E-state index contributed by atoms with van der Waals surface area (Å²) in [6.07, 6.45) is 3.17. The second-order valence-corrected chi connectivity index (χ2v) is 4.62. The Morgan fingerprint density at radius 2 is 2.17 bits per heavy atom. The molecule has 0 unspecified atom stereocenters. The molecule has 0 N–H and O–H groups in total. The highest BCUT2D eigenvalue weighted by molar-refractivity contribution is 7.10. The first kappa shape index (κ1) is 12.5. The fraction of sp³-hybridized carbons (Fsp3) is 0.143. The third kappa shape index (κ3) is 3.53. The van der Waals surface area contributed by atoms with Crippen molar-refractivity contribution >= 4 is 23.4 Å². The largest absolute Gasteiger partial charge is 0.458 e. The van der Waals surface area contributed by atoms with Crippen LogP contribution in [-0.4, -0.2) is 11.0 Å². The number of rotatable bonds is 4. The number of ether oxygens (including phenoxy) is 1. The highest BCUT2D eigenvalue weighted by Crippen LogP contribution is 2.13. The molecule has 4 heteroatoms. The van der Waals surface area contributed by atoms with Crippen LogP contribution in [-0.2, 0) is 16.1 Å². The Morgan fingerprint density at radius 1 is 1.39 bits per heavy atom. The molecular weight excluding hydrogens is 246 g/mol. The summed E-state index contributed by atoms with van der Waals surface area (Å²) >= 11 is 1.50. The molecule has 2 aromatic rings.